The molecule has 1 amide bonds. The number of amides is 1. The maximum Gasteiger partial charge on any atom is 0.254 e. The first-order valence-electron chi connectivity index (χ1n) is 9.00. The van der Waals surface area contributed by atoms with Gasteiger partial charge in [-0.1, -0.05) is 51.1 Å². The van der Waals surface area contributed by atoms with Crippen LogP contribution < -0.4 is 5.32 Å². The van der Waals surface area contributed by atoms with Crippen molar-refractivity contribution in [3.05, 3.63) is 53.3 Å². The lowest BCUT2D eigenvalue weighted by Gasteiger charge is -2.18. The maximum atomic E-state index is 12.6. The Bertz CT molecular complexity index is 680. The second-order valence-electron chi connectivity index (χ2n) is 6.97. The second-order valence-corrected chi connectivity index (χ2v) is 6.97. The summed E-state index contributed by atoms with van der Waals surface area (Å²) in [5.74, 6) is 0.348. The number of aromatic nitrogens is 2. The van der Waals surface area contributed by atoms with Gasteiger partial charge in [0.25, 0.3) is 5.91 Å². The van der Waals surface area contributed by atoms with E-state index in [2.05, 4.69) is 24.3 Å². The van der Waals surface area contributed by atoms with Crippen molar-refractivity contribution in [2.24, 2.45) is 5.92 Å². The molecule has 136 valence electrons. The summed E-state index contributed by atoms with van der Waals surface area (Å²) in [4.78, 5) is 12.6. The van der Waals surface area contributed by atoms with E-state index in [1.807, 2.05) is 48.9 Å². The van der Waals surface area contributed by atoms with Crippen LogP contribution in [0.5, 0.6) is 0 Å². The molecule has 2 N–H and O–H groups in total. The number of nitrogens with zero attached hydrogens (tertiary/aromatic N) is 2. The average molecular weight is 343 g/mol. The number of aliphatic hydroxyl groups is 1. The largest absolute Gasteiger partial charge is 0.388 e. The summed E-state index contributed by atoms with van der Waals surface area (Å²) in [7, 11) is 0. The first-order chi connectivity index (χ1) is 11.9. The highest BCUT2D eigenvalue weighted by Gasteiger charge is 2.20. The third-order valence-electron chi connectivity index (χ3n) is 4.20. The molecule has 1 heterocycles. The van der Waals surface area contributed by atoms with Gasteiger partial charge in [-0.05, 0) is 31.2 Å². The summed E-state index contributed by atoms with van der Waals surface area (Å²) in [6.45, 7) is 9.02. The van der Waals surface area contributed by atoms with Crippen LogP contribution in [0.1, 0.15) is 61.8 Å². The van der Waals surface area contributed by atoms with Crippen LogP contribution in [0.4, 0.5) is 0 Å². The van der Waals surface area contributed by atoms with Crippen molar-refractivity contribution in [2.45, 2.75) is 59.2 Å². The van der Waals surface area contributed by atoms with Gasteiger partial charge in [-0.3, -0.25) is 9.48 Å². The molecule has 0 radical (unpaired) electrons. The molecule has 1 aromatic carbocycles. The van der Waals surface area contributed by atoms with E-state index >= 15 is 0 Å². The van der Waals surface area contributed by atoms with E-state index in [1.54, 1.807) is 6.20 Å². The Balaban J connectivity index is 2.00. The fourth-order valence-corrected chi connectivity index (χ4v) is 2.98. The van der Waals surface area contributed by atoms with Crippen molar-refractivity contribution in [3.8, 4) is 0 Å². The Hall–Kier alpha value is -2.14. The molecule has 2 aromatic rings. The zero-order chi connectivity index (χ0) is 18.4. The van der Waals surface area contributed by atoms with Gasteiger partial charge < -0.3 is 10.4 Å². The Morgan fingerprint density at radius 3 is 2.52 bits per heavy atom. The van der Waals surface area contributed by atoms with Gasteiger partial charge in [0, 0.05) is 12.6 Å². The maximum absolute atomic E-state index is 12.6. The van der Waals surface area contributed by atoms with Crippen molar-refractivity contribution in [3.63, 3.8) is 0 Å². The van der Waals surface area contributed by atoms with Gasteiger partial charge in [0.05, 0.1) is 23.6 Å². The summed E-state index contributed by atoms with van der Waals surface area (Å²) >= 11 is 0. The Kier molecular flexibility index (Phi) is 6.76. The highest BCUT2D eigenvalue weighted by atomic mass is 16.3. The smallest absolute Gasteiger partial charge is 0.254 e. The second kappa shape index (κ2) is 8.81. The van der Waals surface area contributed by atoms with Crippen molar-refractivity contribution < 1.29 is 9.90 Å². The van der Waals surface area contributed by atoms with Gasteiger partial charge in [-0.2, -0.15) is 5.10 Å². The molecule has 0 aliphatic heterocycles. The SMILES string of the molecule is CCc1c(C(=O)NC(C)CC(O)c2ccccc2)cnn1CC(C)C. The van der Waals surface area contributed by atoms with Crippen LogP contribution in [0.15, 0.2) is 36.5 Å². The minimum absolute atomic E-state index is 0.125. The lowest BCUT2D eigenvalue weighted by Crippen LogP contribution is -2.34. The van der Waals surface area contributed by atoms with E-state index in [1.165, 1.54) is 0 Å². The highest BCUT2D eigenvalue weighted by Crippen LogP contribution is 2.18. The van der Waals surface area contributed by atoms with Gasteiger partial charge >= 0.3 is 0 Å². The van der Waals surface area contributed by atoms with Crippen LogP contribution in [0.2, 0.25) is 0 Å². The molecule has 5 nitrogen and oxygen atoms in total. The van der Waals surface area contributed by atoms with Gasteiger partial charge in [0.15, 0.2) is 0 Å². The molecule has 0 aliphatic carbocycles. The summed E-state index contributed by atoms with van der Waals surface area (Å²) in [6.07, 6.45) is 2.29. The first-order valence-corrected chi connectivity index (χ1v) is 9.00. The Labute approximate surface area is 150 Å². The molecule has 0 fully saturated rings. The molecule has 2 unspecified atom stereocenters. The minimum Gasteiger partial charge on any atom is -0.388 e. The molecule has 0 spiro atoms. The van der Waals surface area contributed by atoms with Crippen molar-refractivity contribution in [2.75, 3.05) is 0 Å². The van der Waals surface area contributed by atoms with Crippen LogP contribution in [0.25, 0.3) is 0 Å². The van der Waals surface area contributed by atoms with Crippen LogP contribution in [-0.4, -0.2) is 26.8 Å². The molecule has 2 atom stereocenters. The number of carbonyl (C=O) groups excluding carboxylic acids is 1. The molecular formula is C20H29N3O2. The van der Waals surface area contributed by atoms with E-state index < -0.39 is 6.10 Å². The van der Waals surface area contributed by atoms with E-state index in [0.717, 1.165) is 24.2 Å². The molecule has 0 bridgehead atoms. The van der Waals surface area contributed by atoms with Crippen LogP contribution in [0.3, 0.4) is 0 Å². The summed E-state index contributed by atoms with van der Waals surface area (Å²) in [5, 5.41) is 17.7. The first kappa shape index (κ1) is 19.2. The molecular weight excluding hydrogens is 314 g/mol. The van der Waals surface area contributed by atoms with Gasteiger partial charge in [-0.25, -0.2) is 0 Å². The topological polar surface area (TPSA) is 67.2 Å². The number of rotatable bonds is 8. The van der Waals surface area contributed by atoms with Gasteiger partial charge in [0.2, 0.25) is 0 Å². The van der Waals surface area contributed by atoms with E-state index in [9.17, 15) is 9.90 Å². The highest BCUT2D eigenvalue weighted by molar-refractivity contribution is 5.95. The molecule has 25 heavy (non-hydrogen) atoms. The lowest BCUT2D eigenvalue weighted by molar-refractivity contribution is 0.0916. The number of hydrogen-bond acceptors (Lipinski definition) is 3. The number of aliphatic hydroxyl groups excluding tert-OH is 1. The molecule has 5 heteroatoms. The van der Waals surface area contributed by atoms with E-state index in [0.29, 0.717) is 17.9 Å². The third-order valence-corrected chi connectivity index (χ3v) is 4.20. The van der Waals surface area contributed by atoms with Crippen LogP contribution in [0, 0.1) is 5.92 Å². The van der Waals surface area contributed by atoms with Gasteiger partial charge in [0.1, 0.15) is 0 Å². The van der Waals surface area contributed by atoms with Crippen LogP contribution >= 0.6 is 0 Å². The summed E-state index contributed by atoms with van der Waals surface area (Å²) in [5.41, 5.74) is 2.45. The number of benzene rings is 1. The predicted octanol–water partition coefficient (Wildman–Crippen LogP) is 3.34. The number of hydrogen-bond donors (Lipinski definition) is 2. The molecule has 2 rings (SSSR count). The predicted molar refractivity (Wildman–Crippen MR) is 99.4 cm³/mol. The van der Waals surface area contributed by atoms with E-state index in [4.69, 9.17) is 0 Å². The zero-order valence-corrected chi connectivity index (χ0v) is 15.6. The van der Waals surface area contributed by atoms with Crippen molar-refractivity contribution in [1.29, 1.82) is 0 Å². The Morgan fingerprint density at radius 2 is 1.92 bits per heavy atom. The fraction of sp³-hybridized carbons (Fsp3) is 0.500. The quantitative estimate of drug-likeness (QED) is 0.772. The molecule has 1 aromatic heterocycles. The molecule has 0 saturated carbocycles. The van der Waals surface area contributed by atoms with E-state index in [-0.39, 0.29) is 11.9 Å². The standard InChI is InChI=1S/C20H29N3O2/c1-5-18-17(12-21-23(18)13-14(2)3)20(25)22-15(4)11-19(24)16-9-7-6-8-10-16/h6-10,12,14-15,19,24H,5,11,13H2,1-4H3,(H,22,25). The van der Waals surface area contributed by atoms with Gasteiger partial charge in [-0.15, -0.1) is 0 Å². The average Bonchev–Trinajstić information content (AvgIpc) is 2.97. The summed E-state index contributed by atoms with van der Waals surface area (Å²) < 4.78 is 1.92. The monoisotopic (exact) mass is 343 g/mol. The normalized spacial score (nSPS) is 13.7. The van der Waals surface area contributed by atoms with Crippen molar-refractivity contribution in [1.82, 2.24) is 15.1 Å². The molecule has 0 aliphatic rings. The van der Waals surface area contributed by atoms with Crippen LogP contribution in [-0.2, 0) is 13.0 Å². The third kappa shape index (κ3) is 5.16. The fourth-order valence-electron chi connectivity index (χ4n) is 2.98. The van der Waals surface area contributed by atoms with Crippen molar-refractivity contribution >= 4 is 5.91 Å². The Morgan fingerprint density at radius 1 is 1.24 bits per heavy atom. The zero-order valence-electron chi connectivity index (χ0n) is 15.6. The lowest BCUT2D eigenvalue weighted by atomic mass is 10.0. The number of nitrogens with one attached hydrogen (secondary N) is 1. The number of carbonyl (C=O) groups is 1. The summed E-state index contributed by atoms with van der Waals surface area (Å²) in [6, 6.07) is 9.37. The minimum atomic E-state index is -0.592. The molecule has 0 saturated heterocycles.